The minimum atomic E-state index is -3.12. The molecular formula is C15H17N3O4S. The van der Waals surface area contributed by atoms with Crippen LogP contribution in [0.25, 0.3) is 0 Å². The minimum absolute atomic E-state index is 0.0580. The number of hydrazone groups is 1. The highest BCUT2D eigenvalue weighted by Gasteiger charge is 2.37. The van der Waals surface area contributed by atoms with Crippen molar-refractivity contribution in [3.05, 3.63) is 30.3 Å². The predicted octanol–water partition coefficient (Wildman–Crippen LogP) is 0.791. The molecule has 2 aliphatic heterocycles. The average molecular weight is 335 g/mol. The second kappa shape index (κ2) is 6.11. The fourth-order valence-electron chi connectivity index (χ4n) is 2.71. The van der Waals surface area contributed by atoms with E-state index in [0.29, 0.717) is 12.1 Å². The Morgan fingerprint density at radius 2 is 1.96 bits per heavy atom. The molecule has 23 heavy (non-hydrogen) atoms. The molecule has 1 saturated heterocycles. The van der Waals surface area contributed by atoms with Crippen molar-refractivity contribution in [1.82, 2.24) is 5.01 Å². The van der Waals surface area contributed by atoms with Crippen LogP contribution in [-0.4, -0.2) is 48.5 Å². The zero-order valence-electron chi connectivity index (χ0n) is 12.4. The van der Waals surface area contributed by atoms with E-state index in [1.54, 1.807) is 24.3 Å². The summed E-state index contributed by atoms with van der Waals surface area (Å²) in [5, 5.41) is 8.05. The van der Waals surface area contributed by atoms with Crippen molar-refractivity contribution in [1.29, 1.82) is 0 Å². The fourth-order valence-corrected chi connectivity index (χ4v) is 4.40. The molecule has 0 spiro atoms. The van der Waals surface area contributed by atoms with Crippen LogP contribution in [0.2, 0.25) is 0 Å². The summed E-state index contributed by atoms with van der Waals surface area (Å²) in [5.41, 5.74) is 0.893. The third kappa shape index (κ3) is 3.58. The standard InChI is InChI=1S/C15H17N3O4S/c19-14-7-6-13(15(20)16-11-4-2-1-3-5-11)17-18(14)12-8-9-23(21,22)10-12/h1-5,12H,6-10H2,(H,16,20)/t12-/m1/s1. The van der Waals surface area contributed by atoms with Crippen molar-refractivity contribution in [3.63, 3.8) is 0 Å². The van der Waals surface area contributed by atoms with Gasteiger partial charge in [-0.2, -0.15) is 5.10 Å². The van der Waals surface area contributed by atoms with Crippen LogP contribution in [0.3, 0.4) is 0 Å². The summed E-state index contributed by atoms with van der Waals surface area (Å²) >= 11 is 0. The van der Waals surface area contributed by atoms with Crippen molar-refractivity contribution >= 4 is 33.1 Å². The first kappa shape index (κ1) is 15.7. The van der Waals surface area contributed by atoms with Crippen molar-refractivity contribution in [2.24, 2.45) is 5.10 Å². The van der Waals surface area contributed by atoms with Crippen LogP contribution in [0.4, 0.5) is 5.69 Å². The molecule has 2 amide bonds. The first-order chi connectivity index (χ1) is 10.9. The number of nitrogens with one attached hydrogen (secondary N) is 1. The molecule has 0 bridgehead atoms. The maximum Gasteiger partial charge on any atom is 0.271 e. The fraction of sp³-hybridized carbons (Fsp3) is 0.400. The Morgan fingerprint density at radius 1 is 1.22 bits per heavy atom. The Labute approximate surface area is 134 Å². The highest BCUT2D eigenvalue weighted by atomic mass is 32.2. The SMILES string of the molecule is O=C(Nc1ccccc1)C1=NN([C@@H]2CCS(=O)(=O)C2)C(=O)CC1. The number of benzene rings is 1. The quantitative estimate of drug-likeness (QED) is 0.883. The lowest BCUT2D eigenvalue weighted by atomic mass is 10.1. The number of carbonyl (C=O) groups excluding carboxylic acids is 2. The van der Waals surface area contributed by atoms with Crippen molar-refractivity contribution in [3.8, 4) is 0 Å². The van der Waals surface area contributed by atoms with Gasteiger partial charge >= 0.3 is 0 Å². The van der Waals surface area contributed by atoms with E-state index >= 15 is 0 Å². The van der Waals surface area contributed by atoms with Crippen LogP contribution in [-0.2, 0) is 19.4 Å². The van der Waals surface area contributed by atoms with Crippen LogP contribution in [0.15, 0.2) is 35.4 Å². The Kier molecular flexibility index (Phi) is 4.16. The molecule has 7 nitrogen and oxygen atoms in total. The summed E-state index contributed by atoms with van der Waals surface area (Å²) < 4.78 is 23.2. The smallest absolute Gasteiger partial charge is 0.271 e. The number of para-hydroxylation sites is 1. The Bertz CT molecular complexity index is 758. The molecule has 0 aromatic heterocycles. The lowest BCUT2D eigenvalue weighted by Crippen LogP contribution is -2.42. The van der Waals surface area contributed by atoms with E-state index in [1.807, 2.05) is 6.07 Å². The van der Waals surface area contributed by atoms with Gasteiger partial charge in [0.1, 0.15) is 5.71 Å². The molecule has 0 radical (unpaired) electrons. The van der Waals surface area contributed by atoms with Gasteiger partial charge in [-0.25, -0.2) is 13.4 Å². The lowest BCUT2D eigenvalue weighted by Gasteiger charge is -2.27. The molecule has 1 aromatic rings. The molecule has 8 heteroatoms. The molecule has 2 heterocycles. The highest BCUT2D eigenvalue weighted by molar-refractivity contribution is 7.91. The summed E-state index contributed by atoms with van der Waals surface area (Å²) in [4.78, 5) is 24.3. The predicted molar refractivity (Wildman–Crippen MR) is 85.6 cm³/mol. The summed E-state index contributed by atoms with van der Waals surface area (Å²) in [6.45, 7) is 0. The van der Waals surface area contributed by atoms with Crippen molar-refractivity contribution in [2.75, 3.05) is 16.8 Å². The summed E-state index contributed by atoms with van der Waals surface area (Å²) in [6, 6.07) is 8.50. The van der Waals surface area contributed by atoms with Gasteiger partial charge in [-0.1, -0.05) is 18.2 Å². The van der Waals surface area contributed by atoms with Crippen LogP contribution in [0.1, 0.15) is 19.3 Å². The van der Waals surface area contributed by atoms with Crippen LogP contribution < -0.4 is 5.32 Å². The maximum absolute atomic E-state index is 12.3. The summed E-state index contributed by atoms with van der Waals surface area (Å²) in [5.74, 6) is -0.629. The van der Waals surface area contributed by atoms with E-state index in [2.05, 4.69) is 10.4 Å². The molecule has 0 saturated carbocycles. The number of carbonyl (C=O) groups is 2. The van der Waals surface area contributed by atoms with Gasteiger partial charge in [0.05, 0.1) is 17.5 Å². The van der Waals surface area contributed by atoms with Gasteiger partial charge in [0.25, 0.3) is 5.91 Å². The first-order valence-corrected chi connectivity index (χ1v) is 9.23. The number of anilines is 1. The molecule has 1 atom stereocenters. The summed E-state index contributed by atoms with van der Waals surface area (Å²) in [6.07, 6.45) is 0.788. The van der Waals surface area contributed by atoms with Gasteiger partial charge in [-0.05, 0) is 18.6 Å². The summed E-state index contributed by atoms with van der Waals surface area (Å²) in [7, 11) is -3.12. The molecule has 1 aromatic carbocycles. The van der Waals surface area contributed by atoms with Gasteiger partial charge in [-0.15, -0.1) is 0 Å². The van der Waals surface area contributed by atoms with Crippen molar-refractivity contribution in [2.45, 2.75) is 25.3 Å². The number of hydrogen-bond donors (Lipinski definition) is 1. The van der Waals surface area contributed by atoms with Crippen LogP contribution in [0, 0.1) is 0 Å². The molecule has 0 unspecified atom stereocenters. The second-order valence-electron chi connectivity index (χ2n) is 5.66. The molecule has 1 N–H and O–H groups in total. The van der Waals surface area contributed by atoms with E-state index < -0.39 is 15.9 Å². The molecule has 2 aliphatic rings. The van der Waals surface area contributed by atoms with E-state index in [4.69, 9.17) is 0 Å². The zero-order chi connectivity index (χ0) is 16.4. The number of rotatable bonds is 3. The molecule has 1 fully saturated rings. The second-order valence-corrected chi connectivity index (χ2v) is 7.89. The van der Waals surface area contributed by atoms with Crippen LogP contribution >= 0.6 is 0 Å². The first-order valence-electron chi connectivity index (χ1n) is 7.41. The number of sulfone groups is 1. The number of amides is 2. The largest absolute Gasteiger partial charge is 0.321 e. The van der Waals surface area contributed by atoms with Gasteiger partial charge in [-0.3, -0.25) is 9.59 Å². The molecule has 3 rings (SSSR count). The third-order valence-corrected chi connectivity index (χ3v) is 5.66. The van der Waals surface area contributed by atoms with E-state index in [9.17, 15) is 18.0 Å². The van der Waals surface area contributed by atoms with Crippen molar-refractivity contribution < 1.29 is 18.0 Å². The van der Waals surface area contributed by atoms with Gasteiger partial charge in [0.2, 0.25) is 5.91 Å². The van der Waals surface area contributed by atoms with E-state index in [1.165, 1.54) is 5.01 Å². The zero-order valence-corrected chi connectivity index (χ0v) is 13.3. The van der Waals surface area contributed by atoms with Crippen LogP contribution in [0.5, 0.6) is 0 Å². The average Bonchev–Trinajstić information content (AvgIpc) is 2.88. The maximum atomic E-state index is 12.3. The Hall–Kier alpha value is -2.22. The normalized spacial score (nSPS) is 23.5. The third-order valence-electron chi connectivity index (χ3n) is 3.91. The van der Waals surface area contributed by atoms with Gasteiger partial charge < -0.3 is 5.32 Å². The molecule has 0 aliphatic carbocycles. The van der Waals surface area contributed by atoms with E-state index in [0.717, 1.165) is 0 Å². The number of hydrogen-bond acceptors (Lipinski definition) is 5. The van der Waals surface area contributed by atoms with E-state index in [-0.39, 0.29) is 41.9 Å². The Balaban J connectivity index is 1.76. The molecular weight excluding hydrogens is 318 g/mol. The number of nitrogens with zero attached hydrogens (tertiary/aromatic N) is 2. The minimum Gasteiger partial charge on any atom is -0.321 e. The topological polar surface area (TPSA) is 95.9 Å². The van der Waals surface area contributed by atoms with Gasteiger partial charge in [0, 0.05) is 18.5 Å². The lowest BCUT2D eigenvalue weighted by molar-refractivity contribution is -0.133. The Morgan fingerprint density at radius 3 is 2.61 bits per heavy atom. The van der Waals surface area contributed by atoms with Gasteiger partial charge in [0.15, 0.2) is 9.84 Å². The monoisotopic (exact) mass is 335 g/mol. The highest BCUT2D eigenvalue weighted by Crippen LogP contribution is 2.22. The molecule has 122 valence electrons.